The number of methoxy groups -OCH3 is 1. The molecule has 20 heavy (non-hydrogen) atoms. The number of nitrogens with two attached hydrogens (primary N) is 2. The molecule has 5 N–H and O–H groups in total. The molecule has 0 spiro atoms. The Bertz CT molecular complexity index is 667. The molecule has 2 rings (SSSR count). The number of nitriles is 1. The normalized spacial score (nSPS) is 9.65. The fraction of sp³-hybridized carbons (Fsp3) is 0.0833. The molecule has 0 aliphatic rings. The summed E-state index contributed by atoms with van der Waals surface area (Å²) in [6, 6.07) is 8.25. The van der Waals surface area contributed by atoms with Crippen molar-refractivity contribution in [2.75, 3.05) is 18.3 Å². The van der Waals surface area contributed by atoms with Crippen LogP contribution in [0, 0.1) is 11.3 Å². The van der Waals surface area contributed by atoms with Crippen molar-refractivity contribution < 1.29 is 9.47 Å². The van der Waals surface area contributed by atoms with Crippen molar-refractivity contribution in [1.29, 1.82) is 5.26 Å². The zero-order valence-corrected chi connectivity index (χ0v) is 10.6. The number of nitrogens with one attached hydrogen (secondary N) is 1. The fourth-order valence-electron chi connectivity index (χ4n) is 1.50. The van der Waals surface area contributed by atoms with Gasteiger partial charge in [-0.3, -0.25) is 0 Å². The van der Waals surface area contributed by atoms with E-state index in [-0.39, 0.29) is 11.8 Å². The highest BCUT2D eigenvalue weighted by molar-refractivity contribution is 5.49. The molecule has 0 aliphatic heterocycles. The molecule has 8 nitrogen and oxygen atoms in total. The van der Waals surface area contributed by atoms with Crippen molar-refractivity contribution in [1.82, 2.24) is 9.97 Å². The molecule has 0 aliphatic carbocycles. The number of nitrogen functional groups attached to an aromatic ring is 2. The number of anilines is 2. The largest absolute Gasteiger partial charge is 0.493 e. The van der Waals surface area contributed by atoms with Gasteiger partial charge in [-0.05, 0) is 12.1 Å². The summed E-state index contributed by atoms with van der Waals surface area (Å²) in [5.74, 6) is 6.60. The topological polar surface area (TPSA) is 132 Å². The average Bonchev–Trinajstić information content (AvgIpc) is 2.47. The number of hydrogen-bond donors (Lipinski definition) is 3. The molecule has 1 aromatic carbocycles. The first-order valence-electron chi connectivity index (χ1n) is 5.53. The maximum absolute atomic E-state index is 8.84. The Morgan fingerprint density at radius 2 is 2.05 bits per heavy atom. The van der Waals surface area contributed by atoms with Crippen LogP contribution in [0.4, 0.5) is 11.8 Å². The van der Waals surface area contributed by atoms with Crippen LogP contribution in [0.2, 0.25) is 0 Å². The minimum atomic E-state index is 0.0167. The minimum Gasteiger partial charge on any atom is -0.493 e. The summed E-state index contributed by atoms with van der Waals surface area (Å²) in [6.07, 6.45) is 0. The van der Waals surface area contributed by atoms with Gasteiger partial charge in [0, 0.05) is 12.1 Å². The molecular weight excluding hydrogens is 260 g/mol. The van der Waals surface area contributed by atoms with Crippen molar-refractivity contribution in [3.63, 3.8) is 0 Å². The van der Waals surface area contributed by atoms with Crippen LogP contribution in [0.5, 0.6) is 17.4 Å². The van der Waals surface area contributed by atoms with E-state index in [2.05, 4.69) is 15.4 Å². The van der Waals surface area contributed by atoms with Gasteiger partial charge in [0.15, 0.2) is 11.5 Å². The van der Waals surface area contributed by atoms with Crippen molar-refractivity contribution in [2.24, 2.45) is 5.84 Å². The van der Waals surface area contributed by atoms with Gasteiger partial charge in [0.25, 0.3) is 0 Å². The number of benzene rings is 1. The lowest BCUT2D eigenvalue weighted by Gasteiger charge is -2.10. The Morgan fingerprint density at radius 1 is 1.25 bits per heavy atom. The quantitative estimate of drug-likeness (QED) is 0.555. The molecule has 0 unspecified atom stereocenters. The second kappa shape index (κ2) is 5.73. The molecule has 0 saturated heterocycles. The number of ether oxygens (including phenoxy) is 2. The van der Waals surface area contributed by atoms with Crippen molar-refractivity contribution in [2.45, 2.75) is 0 Å². The molecule has 1 aromatic heterocycles. The van der Waals surface area contributed by atoms with E-state index >= 15 is 0 Å². The maximum atomic E-state index is 8.84. The summed E-state index contributed by atoms with van der Waals surface area (Å²) in [6.45, 7) is 0. The zero-order chi connectivity index (χ0) is 14.5. The lowest BCUT2D eigenvalue weighted by molar-refractivity contribution is 0.374. The third-order valence-electron chi connectivity index (χ3n) is 2.38. The van der Waals surface area contributed by atoms with Crippen LogP contribution >= 0.6 is 0 Å². The molecular formula is C12H12N6O2. The Kier molecular flexibility index (Phi) is 3.83. The predicted octanol–water partition coefficient (Wildman–Crippen LogP) is 1.02. The minimum absolute atomic E-state index is 0.0167. The summed E-state index contributed by atoms with van der Waals surface area (Å²) in [7, 11) is 1.48. The van der Waals surface area contributed by atoms with E-state index in [1.165, 1.54) is 13.2 Å². The van der Waals surface area contributed by atoms with Crippen LogP contribution in [-0.4, -0.2) is 17.1 Å². The summed E-state index contributed by atoms with van der Waals surface area (Å²) in [4.78, 5) is 7.76. The molecule has 0 amide bonds. The first-order chi connectivity index (χ1) is 9.66. The summed E-state index contributed by atoms with van der Waals surface area (Å²) >= 11 is 0. The van der Waals surface area contributed by atoms with E-state index in [0.29, 0.717) is 22.9 Å². The van der Waals surface area contributed by atoms with Gasteiger partial charge in [0.2, 0.25) is 11.8 Å². The lowest BCUT2D eigenvalue weighted by Crippen LogP contribution is -2.10. The summed E-state index contributed by atoms with van der Waals surface area (Å²) < 4.78 is 10.7. The van der Waals surface area contributed by atoms with Crippen LogP contribution < -0.4 is 26.5 Å². The Labute approximate surface area is 114 Å². The van der Waals surface area contributed by atoms with Crippen molar-refractivity contribution in [3.05, 3.63) is 29.8 Å². The smallest absolute Gasteiger partial charge is 0.226 e. The highest BCUT2D eigenvalue weighted by Crippen LogP contribution is 2.32. The average molecular weight is 272 g/mol. The van der Waals surface area contributed by atoms with Crippen LogP contribution in [0.3, 0.4) is 0 Å². The van der Waals surface area contributed by atoms with Crippen LogP contribution in [-0.2, 0) is 0 Å². The first kappa shape index (κ1) is 13.4. The molecule has 8 heteroatoms. The number of aromatic nitrogens is 2. The third-order valence-corrected chi connectivity index (χ3v) is 2.38. The highest BCUT2D eigenvalue weighted by atomic mass is 16.5. The number of nitrogens with zero attached hydrogens (tertiary/aromatic N) is 3. The molecule has 102 valence electrons. The summed E-state index contributed by atoms with van der Waals surface area (Å²) in [5, 5.41) is 8.84. The molecule has 1 heterocycles. The van der Waals surface area contributed by atoms with Crippen LogP contribution in [0.25, 0.3) is 0 Å². The van der Waals surface area contributed by atoms with Crippen molar-refractivity contribution in [3.8, 4) is 23.4 Å². The van der Waals surface area contributed by atoms with Crippen molar-refractivity contribution >= 4 is 11.8 Å². The van der Waals surface area contributed by atoms with Gasteiger partial charge in [0.05, 0.1) is 18.7 Å². The highest BCUT2D eigenvalue weighted by Gasteiger charge is 2.09. The van der Waals surface area contributed by atoms with E-state index in [0.717, 1.165) is 0 Å². The third kappa shape index (κ3) is 2.85. The molecule has 0 atom stereocenters. The van der Waals surface area contributed by atoms with E-state index in [9.17, 15) is 0 Å². The Hall–Kier alpha value is -3.05. The van der Waals surface area contributed by atoms with Gasteiger partial charge in [-0.25, -0.2) is 5.84 Å². The molecule has 0 fully saturated rings. The molecule has 2 aromatic rings. The van der Waals surface area contributed by atoms with Gasteiger partial charge < -0.3 is 20.6 Å². The second-order valence-corrected chi connectivity index (χ2v) is 3.67. The monoisotopic (exact) mass is 272 g/mol. The Morgan fingerprint density at radius 3 is 2.70 bits per heavy atom. The lowest BCUT2D eigenvalue weighted by atomic mass is 10.2. The number of hydrogen-bond acceptors (Lipinski definition) is 8. The number of rotatable bonds is 4. The zero-order valence-electron chi connectivity index (χ0n) is 10.6. The van der Waals surface area contributed by atoms with E-state index in [4.69, 9.17) is 26.3 Å². The van der Waals surface area contributed by atoms with Gasteiger partial charge in [-0.15, -0.1) is 0 Å². The van der Waals surface area contributed by atoms with E-state index < -0.39 is 0 Å². The maximum Gasteiger partial charge on any atom is 0.226 e. The molecule has 0 radical (unpaired) electrons. The fourth-order valence-corrected chi connectivity index (χ4v) is 1.50. The van der Waals surface area contributed by atoms with Crippen LogP contribution in [0.1, 0.15) is 5.56 Å². The van der Waals surface area contributed by atoms with Gasteiger partial charge in [-0.1, -0.05) is 0 Å². The molecule has 0 bridgehead atoms. The van der Waals surface area contributed by atoms with E-state index in [1.54, 1.807) is 18.2 Å². The summed E-state index contributed by atoms with van der Waals surface area (Å²) in [5.41, 5.74) is 8.35. The van der Waals surface area contributed by atoms with E-state index in [1.807, 2.05) is 6.07 Å². The standard InChI is InChI=1S/C12H12N6O2/c1-19-9-4-7(6-13)2-3-8(9)20-11-5-10(18-15)16-12(14)17-11/h2-5H,15H2,1H3,(H3,14,16,17,18). The predicted molar refractivity (Wildman–Crippen MR) is 72.0 cm³/mol. The molecule has 0 saturated carbocycles. The van der Waals surface area contributed by atoms with Gasteiger partial charge >= 0.3 is 0 Å². The van der Waals surface area contributed by atoms with Gasteiger partial charge in [-0.2, -0.15) is 15.2 Å². The SMILES string of the molecule is COc1cc(C#N)ccc1Oc1cc(NN)nc(N)n1. The van der Waals surface area contributed by atoms with Crippen LogP contribution in [0.15, 0.2) is 24.3 Å². The Balaban J connectivity index is 2.34. The van der Waals surface area contributed by atoms with Gasteiger partial charge in [0.1, 0.15) is 5.82 Å². The number of hydrazine groups is 1. The second-order valence-electron chi connectivity index (χ2n) is 3.67. The first-order valence-corrected chi connectivity index (χ1v) is 5.53.